The summed E-state index contributed by atoms with van der Waals surface area (Å²) in [5.74, 6) is 3.75. The second-order valence-corrected chi connectivity index (χ2v) is 21.0. The van der Waals surface area contributed by atoms with Gasteiger partial charge >= 0.3 is 0 Å². The Kier molecular flexibility index (Phi) is 32.8. The first-order chi connectivity index (χ1) is 24.5. The molecule has 0 N–H and O–H groups in total. The molecule has 0 amide bonds. The molecule has 1 aromatic heterocycles. The lowest BCUT2D eigenvalue weighted by atomic mass is 9.91. The second kappa shape index (κ2) is 30.5. The summed E-state index contributed by atoms with van der Waals surface area (Å²) >= 11 is 0. The zero-order chi connectivity index (χ0) is 41.8. The predicted octanol–water partition coefficient (Wildman–Crippen LogP) is 16.6. The van der Waals surface area contributed by atoms with Crippen molar-refractivity contribution in [1.29, 1.82) is 0 Å². The first-order valence-corrected chi connectivity index (χ1v) is 22.2. The Morgan fingerprint density at radius 1 is 0.611 bits per heavy atom. The Morgan fingerprint density at radius 3 is 1.22 bits per heavy atom. The van der Waals surface area contributed by atoms with E-state index in [1.807, 2.05) is 64.1 Å². The number of benzene rings is 2. The van der Waals surface area contributed by atoms with E-state index in [1.54, 1.807) is 6.92 Å². The third-order valence-electron chi connectivity index (χ3n) is 7.21. The summed E-state index contributed by atoms with van der Waals surface area (Å²) in [6, 6.07) is 20.5. The van der Waals surface area contributed by atoms with Gasteiger partial charge in [-0.1, -0.05) is 216 Å². The van der Waals surface area contributed by atoms with Crippen LogP contribution in [0.4, 0.5) is 0 Å². The molecule has 2 aromatic carbocycles. The van der Waals surface area contributed by atoms with Gasteiger partial charge in [0.05, 0.1) is 0 Å². The number of aromatic nitrogens is 2. The van der Waals surface area contributed by atoms with Crippen molar-refractivity contribution in [2.45, 2.75) is 189 Å². The van der Waals surface area contributed by atoms with Gasteiger partial charge in [0.1, 0.15) is 0 Å². The quantitative estimate of drug-likeness (QED) is 0.143. The van der Waals surface area contributed by atoms with E-state index in [9.17, 15) is 4.91 Å². The molecule has 7 heteroatoms. The summed E-state index contributed by atoms with van der Waals surface area (Å²) < 4.78 is 10.8. The fourth-order valence-electron chi connectivity index (χ4n) is 4.96. The van der Waals surface area contributed by atoms with Gasteiger partial charge in [-0.15, -0.1) is 15.1 Å². The summed E-state index contributed by atoms with van der Waals surface area (Å²) in [5, 5.41) is 10.6. The number of aryl methyl sites for hydroxylation is 1. The van der Waals surface area contributed by atoms with Gasteiger partial charge < -0.3 is 8.70 Å². The van der Waals surface area contributed by atoms with Crippen LogP contribution in [0, 0.1) is 33.5 Å². The van der Waals surface area contributed by atoms with Crippen LogP contribution in [0.1, 0.15) is 187 Å². The Labute approximate surface area is 338 Å². The maximum atomic E-state index is 11.1. The highest BCUT2D eigenvalue weighted by atomic mass is 32.3. The number of rotatable bonds is 11. The van der Waals surface area contributed by atoms with Crippen molar-refractivity contribution in [3.05, 3.63) is 88.5 Å². The first-order valence-electron chi connectivity index (χ1n) is 20.2. The molecule has 0 aliphatic heterocycles. The molecule has 3 aromatic rings. The minimum atomic E-state index is -1.67. The molecule has 0 atom stereocenters. The average molecular weight is 776 g/mol. The monoisotopic (exact) mass is 776 g/mol. The van der Waals surface area contributed by atoms with Gasteiger partial charge in [0, 0.05) is 30.6 Å². The topological polar surface area (TPSA) is 77.6 Å². The lowest BCUT2D eigenvalue weighted by Crippen LogP contribution is -2.17. The molecule has 3 rings (SSSR count). The standard InChI is InChI=1S/C20H27NO2S.C8H14N2O.2C7H16.2C2H6.CH4/c1-20(2,3)14-15-24(23-21-22,16-18-10-6-4-7-11-18)17-19-12-8-5-9-13-19;1-6-9-10-7(11-6)5-8(2,3)4;2*1-5-6-7(2,3)4;2*1-2;/h4-13H,14-17H2,1-3H3;5H2,1-4H3;2*5-6H2,1-4H3;2*1-2H3;1H4. The molecule has 0 saturated carbocycles. The van der Waals surface area contributed by atoms with Gasteiger partial charge in [-0.2, -0.15) is 0 Å². The molecule has 0 fully saturated rings. The highest BCUT2D eigenvalue weighted by molar-refractivity contribution is 8.28. The van der Waals surface area contributed by atoms with Crippen molar-refractivity contribution in [3.63, 3.8) is 0 Å². The highest BCUT2D eigenvalue weighted by Gasteiger charge is 2.30. The summed E-state index contributed by atoms with van der Waals surface area (Å²) in [6.07, 6.45) is 7.14. The Balaban J connectivity index is -0.000000346. The molecular formula is C47H89N3O3S. The molecule has 54 heavy (non-hydrogen) atoms. The van der Waals surface area contributed by atoms with Crippen LogP contribution in [0.25, 0.3) is 0 Å². The van der Waals surface area contributed by atoms with Crippen LogP contribution in [0.15, 0.2) is 70.4 Å². The van der Waals surface area contributed by atoms with Crippen molar-refractivity contribution < 1.29 is 8.70 Å². The zero-order valence-corrected chi connectivity index (χ0v) is 38.9. The molecular weight excluding hydrogens is 687 g/mol. The van der Waals surface area contributed by atoms with Gasteiger partial charge in [-0.25, -0.2) is 0 Å². The summed E-state index contributed by atoms with van der Waals surface area (Å²) in [6.45, 7) is 41.0. The first kappa shape index (κ1) is 58.0. The van der Waals surface area contributed by atoms with Gasteiger partial charge in [-0.3, -0.25) is 0 Å². The molecule has 0 bridgehead atoms. The molecule has 316 valence electrons. The maximum absolute atomic E-state index is 11.1. The van der Waals surface area contributed by atoms with Crippen LogP contribution in [0.2, 0.25) is 0 Å². The minimum absolute atomic E-state index is 0. The molecule has 0 aliphatic carbocycles. The molecule has 0 aliphatic rings. The van der Waals surface area contributed by atoms with Crippen LogP contribution in [0.3, 0.4) is 0 Å². The Hall–Kier alpha value is -2.67. The van der Waals surface area contributed by atoms with Gasteiger partial charge in [0.15, 0.2) is 5.34 Å². The summed E-state index contributed by atoms with van der Waals surface area (Å²) in [5.41, 5.74) is 3.90. The van der Waals surface area contributed by atoms with Gasteiger partial charge in [-0.05, 0) is 52.0 Å². The van der Waals surface area contributed by atoms with E-state index >= 15 is 0 Å². The van der Waals surface area contributed by atoms with Crippen molar-refractivity contribution in [3.8, 4) is 0 Å². The molecule has 1 heterocycles. The van der Waals surface area contributed by atoms with E-state index in [0.717, 1.165) is 36.0 Å². The van der Waals surface area contributed by atoms with Crippen LogP contribution >= 0.6 is 10.3 Å². The third kappa shape index (κ3) is 36.3. The fraction of sp³-hybridized carbons (Fsp3) is 0.702. The molecule has 0 spiro atoms. The van der Waals surface area contributed by atoms with Crippen molar-refractivity contribution in [1.82, 2.24) is 10.2 Å². The van der Waals surface area contributed by atoms with E-state index in [4.69, 9.17) is 8.70 Å². The van der Waals surface area contributed by atoms with Crippen LogP contribution in [-0.2, 0) is 22.2 Å². The number of hydrogen-bond donors (Lipinski definition) is 0. The molecule has 6 nitrogen and oxygen atoms in total. The van der Waals surface area contributed by atoms with E-state index in [-0.39, 0.29) is 18.3 Å². The van der Waals surface area contributed by atoms with E-state index in [0.29, 0.717) is 16.7 Å². The van der Waals surface area contributed by atoms with Gasteiger partial charge in [0.25, 0.3) is 0 Å². The minimum Gasteiger partial charge on any atom is -0.426 e. The van der Waals surface area contributed by atoms with Crippen LogP contribution in [-0.4, -0.2) is 16.0 Å². The van der Waals surface area contributed by atoms with E-state index in [2.05, 4.69) is 137 Å². The predicted molar refractivity (Wildman–Crippen MR) is 244 cm³/mol. The van der Waals surface area contributed by atoms with Crippen LogP contribution in [0.5, 0.6) is 0 Å². The zero-order valence-electron chi connectivity index (χ0n) is 38.1. The largest absolute Gasteiger partial charge is 0.426 e. The second-order valence-electron chi connectivity index (χ2n) is 18.0. The Morgan fingerprint density at radius 2 is 0.981 bits per heavy atom. The SMILES string of the molecule is C.CC.CC.CC(C)(C)CCS(Cc1ccccc1)(Cc1ccccc1)ON=O.CCCC(C)(C)C.CCCC(C)(C)C.Cc1nnc(CC(C)(C)C)o1. The van der Waals surface area contributed by atoms with E-state index in [1.165, 1.54) is 36.8 Å². The van der Waals surface area contributed by atoms with E-state index < -0.39 is 10.3 Å². The Bertz CT molecular complexity index is 1190. The van der Waals surface area contributed by atoms with Crippen molar-refractivity contribution >= 4 is 10.3 Å². The average Bonchev–Trinajstić information content (AvgIpc) is 3.45. The summed E-state index contributed by atoms with van der Waals surface area (Å²) in [4.78, 5) is 11.1. The highest BCUT2D eigenvalue weighted by Crippen LogP contribution is 2.56. The fourth-order valence-corrected chi connectivity index (χ4v) is 8.24. The van der Waals surface area contributed by atoms with Gasteiger partial charge in [0.2, 0.25) is 11.8 Å². The third-order valence-corrected chi connectivity index (χ3v) is 10.3. The number of nitrogens with zero attached hydrogens (tertiary/aromatic N) is 3. The van der Waals surface area contributed by atoms with Crippen molar-refractivity contribution in [2.24, 2.45) is 27.0 Å². The molecule has 0 radical (unpaired) electrons. The summed E-state index contributed by atoms with van der Waals surface area (Å²) in [7, 11) is -1.67. The lowest BCUT2D eigenvalue weighted by Gasteiger charge is -2.37. The molecule has 0 saturated heterocycles. The normalized spacial score (nSPS) is 11.4. The van der Waals surface area contributed by atoms with Crippen LogP contribution < -0.4 is 0 Å². The lowest BCUT2D eigenvalue weighted by molar-refractivity contribution is 0.349. The number of hydrogen-bond acceptors (Lipinski definition) is 6. The van der Waals surface area contributed by atoms with Crippen molar-refractivity contribution in [2.75, 3.05) is 5.75 Å². The maximum Gasteiger partial charge on any atom is 0.217 e. The smallest absolute Gasteiger partial charge is 0.217 e. The molecule has 0 unspecified atom stereocenters.